The van der Waals surface area contributed by atoms with E-state index in [1.165, 1.54) is 57.8 Å². The molecular formula is C27H49NO. The van der Waals surface area contributed by atoms with Crippen LogP contribution in [0.15, 0.2) is 0 Å². The van der Waals surface area contributed by atoms with Gasteiger partial charge < -0.3 is 10.8 Å². The maximum Gasteiger partial charge on any atom is 0.0543 e. The Morgan fingerprint density at radius 2 is 1.55 bits per heavy atom. The van der Waals surface area contributed by atoms with Gasteiger partial charge in [0.25, 0.3) is 0 Å². The fraction of sp³-hybridized carbons (Fsp3) is 1.00. The van der Waals surface area contributed by atoms with Crippen molar-refractivity contribution in [2.24, 2.45) is 58.0 Å². The predicted molar refractivity (Wildman–Crippen MR) is 122 cm³/mol. The second kappa shape index (κ2) is 8.12. The third-order valence-electron chi connectivity index (χ3n) is 10.9. The molecule has 10 atom stereocenters. The quantitative estimate of drug-likeness (QED) is 0.557. The molecule has 4 rings (SSSR count). The van der Waals surface area contributed by atoms with E-state index in [2.05, 4.69) is 34.6 Å². The molecule has 0 aromatic heterocycles. The Morgan fingerprint density at radius 1 is 0.862 bits per heavy atom. The fourth-order valence-electron chi connectivity index (χ4n) is 9.41. The van der Waals surface area contributed by atoms with Crippen molar-refractivity contribution in [3.8, 4) is 0 Å². The first kappa shape index (κ1) is 22.1. The van der Waals surface area contributed by atoms with Gasteiger partial charge in [-0.1, -0.05) is 53.9 Å². The van der Waals surface area contributed by atoms with Gasteiger partial charge in [0.15, 0.2) is 0 Å². The van der Waals surface area contributed by atoms with Gasteiger partial charge in [0, 0.05) is 6.04 Å². The van der Waals surface area contributed by atoms with Gasteiger partial charge in [-0.2, -0.15) is 0 Å². The maximum absolute atomic E-state index is 10.3. The molecule has 29 heavy (non-hydrogen) atoms. The molecule has 0 amide bonds. The summed E-state index contributed by atoms with van der Waals surface area (Å²) in [6.45, 7) is 12.5. The van der Waals surface area contributed by atoms with Gasteiger partial charge in [-0.3, -0.25) is 0 Å². The molecular weight excluding hydrogens is 354 g/mol. The molecule has 0 heterocycles. The third kappa shape index (κ3) is 3.73. The van der Waals surface area contributed by atoms with Crippen LogP contribution in [0, 0.1) is 52.3 Å². The molecule has 2 nitrogen and oxygen atoms in total. The lowest BCUT2D eigenvalue weighted by Gasteiger charge is -2.62. The molecule has 0 aromatic rings. The molecule has 0 bridgehead atoms. The van der Waals surface area contributed by atoms with Crippen LogP contribution in [0.5, 0.6) is 0 Å². The standard InChI is InChI=1S/C27H49NO/c1-17(2)7-6-8-18(3)21-9-10-22-20-16-25(28)24-15-19(29)11-13-27(24,5)23(20)12-14-26(21,22)4/h17-25,29H,6-16,28H2,1-5H3/t18-,19+,20+,21?,22+,23+,24-,25+,26-,27-/m1/s1. The first-order chi connectivity index (χ1) is 13.7. The molecule has 0 radical (unpaired) electrons. The van der Waals surface area contributed by atoms with E-state index in [1.54, 1.807) is 0 Å². The van der Waals surface area contributed by atoms with Gasteiger partial charge in [0.1, 0.15) is 0 Å². The molecule has 0 spiro atoms. The zero-order valence-electron chi connectivity index (χ0n) is 20.0. The molecule has 4 aliphatic rings. The van der Waals surface area contributed by atoms with Crippen LogP contribution in [0.1, 0.15) is 105 Å². The number of hydrogen-bond donors (Lipinski definition) is 2. The first-order valence-electron chi connectivity index (χ1n) is 13.1. The van der Waals surface area contributed by atoms with E-state index < -0.39 is 0 Å². The van der Waals surface area contributed by atoms with Crippen LogP contribution < -0.4 is 5.73 Å². The summed E-state index contributed by atoms with van der Waals surface area (Å²) in [4.78, 5) is 0. The highest BCUT2D eigenvalue weighted by atomic mass is 16.3. The molecule has 2 heteroatoms. The van der Waals surface area contributed by atoms with E-state index in [9.17, 15) is 5.11 Å². The zero-order valence-corrected chi connectivity index (χ0v) is 20.0. The first-order valence-corrected chi connectivity index (χ1v) is 13.1. The predicted octanol–water partition coefficient (Wildman–Crippen LogP) is 6.41. The number of nitrogens with two attached hydrogens (primary N) is 1. The van der Waals surface area contributed by atoms with E-state index in [0.29, 0.717) is 22.8 Å². The van der Waals surface area contributed by atoms with Crippen molar-refractivity contribution in [3.63, 3.8) is 0 Å². The summed E-state index contributed by atoms with van der Waals surface area (Å²) >= 11 is 0. The van der Waals surface area contributed by atoms with Crippen molar-refractivity contribution >= 4 is 0 Å². The second-order valence-electron chi connectivity index (χ2n) is 12.8. The Balaban J connectivity index is 1.50. The van der Waals surface area contributed by atoms with E-state index >= 15 is 0 Å². The SMILES string of the molecule is CC(C)CCC[C@@H](C)C1CC[C@H]2[C@@H]3C[C@H](N)[C@H]4C[C@@H](O)CC[C@]4(C)[C@H]3CC[C@]12C. The number of aliphatic hydroxyl groups is 1. The lowest BCUT2D eigenvalue weighted by Crippen LogP contribution is -2.60. The lowest BCUT2D eigenvalue weighted by atomic mass is 9.43. The Morgan fingerprint density at radius 3 is 2.28 bits per heavy atom. The minimum atomic E-state index is -0.105. The zero-order chi connectivity index (χ0) is 21.0. The topological polar surface area (TPSA) is 46.2 Å². The second-order valence-corrected chi connectivity index (χ2v) is 12.8. The van der Waals surface area contributed by atoms with Crippen molar-refractivity contribution in [3.05, 3.63) is 0 Å². The van der Waals surface area contributed by atoms with Gasteiger partial charge in [-0.25, -0.2) is 0 Å². The van der Waals surface area contributed by atoms with Crippen LogP contribution in [-0.2, 0) is 0 Å². The van der Waals surface area contributed by atoms with Crippen LogP contribution in [0.25, 0.3) is 0 Å². The number of aliphatic hydroxyl groups excluding tert-OH is 1. The summed E-state index contributed by atoms with van der Waals surface area (Å²) < 4.78 is 0. The number of fused-ring (bicyclic) bond motifs is 5. The lowest BCUT2D eigenvalue weighted by molar-refractivity contribution is -0.136. The van der Waals surface area contributed by atoms with E-state index in [4.69, 9.17) is 5.73 Å². The Bertz CT molecular complexity index is 575. The molecule has 0 aliphatic heterocycles. The summed E-state index contributed by atoms with van der Waals surface area (Å²) in [6, 6.07) is 0.307. The van der Waals surface area contributed by atoms with E-state index in [1.807, 2.05) is 0 Å². The highest BCUT2D eigenvalue weighted by Crippen LogP contribution is 2.68. The summed E-state index contributed by atoms with van der Waals surface area (Å²) in [5.41, 5.74) is 7.78. The van der Waals surface area contributed by atoms with Crippen LogP contribution in [0.4, 0.5) is 0 Å². The average Bonchev–Trinajstić information content (AvgIpc) is 3.00. The summed E-state index contributed by atoms with van der Waals surface area (Å²) in [5, 5.41) is 10.3. The van der Waals surface area contributed by atoms with Crippen molar-refractivity contribution < 1.29 is 5.11 Å². The van der Waals surface area contributed by atoms with Gasteiger partial charge in [0.2, 0.25) is 0 Å². The smallest absolute Gasteiger partial charge is 0.0543 e. The fourth-order valence-corrected chi connectivity index (χ4v) is 9.41. The Kier molecular flexibility index (Phi) is 6.19. The highest BCUT2D eigenvalue weighted by Gasteiger charge is 2.61. The minimum absolute atomic E-state index is 0.105. The molecule has 1 unspecified atom stereocenters. The van der Waals surface area contributed by atoms with Gasteiger partial charge in [0.05, 0.1) is 6.10 Å². The van der Waals surface area contributed by atoms with Gasteiger partial charge in [-0.05, 0) is 104 Å². The monoisotopic (exact) mass is 403 g/mol. The van der Waals surface area contributed by atoms with Crippen LogP contribution in [-0.4, -0.2) is 17.3 Å². The van der Waals surface area contributed by atoms with Crippen LogP contribution >= 0.6 is 0 Å². The molecule has 4 saturated carbocycles. The van der Waals surface area contributed by atoms with Crippen molar-refractivity contribution in [1.29, 1.82) is 0 Å². The van der Waals surface area contributed by atoms with Crippen LogP contribution in [0.2, 0.25) is 0 Å². The van der Waals surface area contributed by atoms with Crippen molar-refractivity contribution in [1.82, 2.24) is 0 Å². The largest absolute Gasteiger partial charge is 0.393 e. The maximum atomic E-state index is 10.3. The highest BCUT2D eigenvalue weighted by molar-refractivity contribution is 5.12. The van der Waals surface area contributed by atoms with Gasteiger partial charge >= 0.3 is 0 Å². The average molecular weight is 404 g/mol. The number of rotatable bonds is 5. The molecule has 3 N–H and O–H groups in total. The van der Waals surface area contributed by atoms with Crippen LogP contribution in [0.3, 0.4) is 0 Å². The van der Waals surface area contributed by atoms with E-state index in [-0.39, 0.29) is 6.10 Å². The molecule has 4 aliphatic carbocycles. The normalized spacial score (nSPS) is 50.7. The summed E-state index contributed by atoms with van der Waals surface area (Å²) in [7, 11) is 0. The number of hydrogen-bond acceptors (Lipinski definition) is 2. The molecule has 168 valence electrons. The Labute approximate surface area is 180 Å². The van der Waals surface area contributed by atoms with E-state index in [0.717, 1.165) is 48.3 Å². The molecule has 0 aromatic carbocycles. The third-order valence-corrected chi connectivity index (χ3v) is 10.9. The molecule has 4 fully saturated rings. The minimum Gasteiger partial charge on any atom is -0.393 e. The molecule has 0 saturated heterocycles. The van der Waals surface area contributed by atoms with Gasteiger partial charge in [-0.15, -0.1) is 0 Å². The van der Waals surface area contributed by atoms with Crippen molar-refractivity contribution in [2.45, 2.75) is 117 Å². The van der Waals surface area contributed by atoms with Crippen molar-refractivity contribution in [2.75, 3.05) is 0 Å². The Hall–Kier alpha value is -0.0800. The summed E-state index contributed by atoms with van der Waals surface area (Å²) in [5.74, 6) is 5.79. The summed E-state index contributed by atoms with van der Waals surface area (Å²) in [6.07, 6.45) is 14.3.